The average molecular weight is 495 g/mol. The molecule has 2 fully saturated rings. The van der Waals surface area contributed by atoms with Crippen LogP contribution in [0, 0.1) is 5.41 Å². The van der Waals surface area contributed by atoms with Gasteiger partial charge < -0.3 is 31.1 Å². The number of amides is 4. The number of nitrogens with one attached hydrogen (secondary N) is 4. The van der Waals surface area contributed by atoms with Gasteiger partial charge in [0.15, 0.2) is 0 Å². The minimum Gasteiger partial charge on any atom is -0.338 e. The van der Waals surface area contributed by atoms with Crippen molar-refractivity contribution in [3.05, 3.63) is 0 Å². The number of hydrogen-bond donors (Lipinski definition) is 4. The number of nitrogens with zero attached hydrogens (tertiary/aromatic N) is 2. The van der Waals surface area contributed by atoms with E-state index >= 15 is 0 Å². The van der Waals surface area contributed by atoms with Crippen LogP contribution in [0.2, 0.25) is 0 Å². The summed E-state index contributed by atoms with van der Waals surface area (Å²) in [4.78, 5) is 29.9. The van der Waals surface area contributed by atoms with Crippen molar-refractivity contribution in [1.82, 2.24) is 31.1 Å². The van der Waals surface area contributed by atoms with Crippen LogP contribution in [0.4, 0.5) is 9.59 Å². The van der Waals surface area contributed by atoms with Crippen molar-refractivity contribution in [3.63, 3.8) is 0 Å². The van der Waals surface area contributed by atoms with Crippen LogP contribution in [0.3, 0.4) is 0 Å². The van der Waals surface area contributed by atoms with E-state index in [4.69, 9.17) is 0 Å². The summed E-state index contributed by atoms with van der Waals surface area (Å²) in [5, 5.41) is 12.4. The molecule has 2 saturated heterocycles. The van der Waals surface area contributed by atoms with Gasteiger partial charge in [-0.25, -0.2) is 9.59 Å². The SMILES string of the molecule is CCCC(CC(C)(CCC)CNC(=O)NCCCN1CCCC1)NC(=O)NCCCN1CCCC1. The second-order valence-electron chi connectivity index (χ2n) is 11.1. The Hall–Kier alpha value is -1.54. The van der Waals surface area contributed by atoms with E-state index in [0.29, 0.717) is 19.6 Å². The number of hydrogen-bond acceptors (Lipinski definition) is 4. The molecule has 2 unspecified atom stereocenters. The van der Waals surface area contributed by atoms with Crippen molar-refractivity contribution in [3.8, 4) is 0 Å². The number of carbonyl (C=O) groups excluding carboxylic acids is 2. The third kappa shape index (κ3) is 12.8. The number of likely N-dealkylation sites (tertiary alicyclic amines) is 2. The van der Waals surface area contributed by atoms with Gasteiger partial charge in [-0.05, 0) is 102 Å². The van der Waals surface area contributed by atoms with Gasteiger partial charge in [0.25, 0.3) is 0 Å². The van der Waals surface area contributed by atoms with Crippen LogP contribution in [0.1, 0.15) is 91.4 Å². The Balaban J connectivity index is 1.69. The zero-order valence-corrected chi connectivity index (χ0v) is 22.9. The van der Waals surface area contributed by atoms with E-state index in [2.05, 4.69) is 51.8 Å². The lowest BCUT2D eigenvalue weighted by atomic mass is 9.78. The summed E-state index contributed by atoms with van der Waals surface area (Å²) >= 11 is 0. The van der Waals surface area contributed by atoms with Crippen LogP contribution in [0.15, 0.2) is 0 Å². The summed E-state index contributed by atoms with van der Waals surface area (Å²) in [6.07, 6.45) is 12.1. The minimum absolute atomic E-state index is 0.0511. The first-order valence-corrected chi connectivity index (χ1v) is 14.4. The van der Waals surface area contributed by atoms with Crippen molar-refractivity contribution >= 4 is 12.1 Å². The van der Waals surface area contributed by atoms with Gasteiger partial charge in [-0.2, -0.15) is 0 Å². The Bertz CT molecular complexity index is 592. The topological polar surface area (TPSA) is 88.7 Å². The molecule has 8 nitrogen and oxygen atoms in total. The summed E-state index contributed by atoms with van der Waals surface area (Å²) in [6, 6.07) is -0.0302. The van der Waals surface area contributed by atoms with Crippen LogP contribution in [0.5, 0.6) is 0 Å². The maximum Gasteiger partial charge on any atom is 0.315 e. The molecule has 2 rings (SSSR count). The zero-order valence-electron chi connectivity index (χ0n) is 22.9. The highest BCUT2D eigenvalue weighted by atomic mass is 16.2. The monoisotopic (exact) mass is 494 g/mol. The summed E-state index contributed by atoms with van der Waals surface area (Å²) in [7, 11) is 0. The lowest BCUT2D eigenvalue weighted by Crippen LogP contribution is -2.47. The fourth-order valence-electron chi connectivity index (χ4n) is 5.65. The highest BCUT2D eigenvalue weighted by Gasteiger charge is 2.28. The molecule has 8 heteroatoms. The van der Waals surface area contributed by atoms with E-state index in [1.807, 2.05) is 0 Å². The normalized spacial score (nSPS) is 19.3. The molecule has 0 aromatic rings. The van der Waals surface area contributed by atoms with Crippen LogP contribution < -0.4 is 21.3 Å². The third-order valence-electron chi connectivity index (χ3n) is 7.51. The quantitative estimate of drug-likeness (QED) is 0.231. The molecular weight excluding hydrogens is 440 g/mol. The van der Waals surface area contributed by atoms with Gasteiger partial charge in [-0.15, -0.1) is 0 Å². The molecule has 0 aliphatic carbocycles. The van der Waals surface area contributed by atoms with Gasteiger partial charge in [0.1, 0.15) is 0 Å². The highest BCUT2D eigenvalue weighted by Crippen LogP contribution is 2.29. The fraction of sp³-hybridized carbons (Fsp3) is 0.926. The molecule has 0 spiro atoms. The second kappa shape index (κ2) is 17.0. The van der Waals surface area contributed by atoms with Crippen molar-refractivity contribution in [2.75, 3.05) is 58.9 Å². The second-order valence-corrected chi connectivity index (χ2v) is 11.1. The van der Waals surface area contributed by atoms with E-state index in [0.717, 1.165) is 58.0 Å². The average Bonchev–Trinajstić information content (AvgIpc) is 3.53. The van der Waals surface area contributed by atoms with E-state index in [-0.39, 0.29) is 23.5 Å². The van der Waals surface area contributed by atoms with Crippen molar-refractivity contribution in [2.45, 2.75) is 97.4 Å². The minimum atomic E-state index is -0.0792. The Morgan fingerprint density at radius 2 is 1.34 bits per heavy atom. The lowest BCUT2D eigenvalue weighted by molar-refractivity contribution is 0.199. The maximum atomic E-state index is 12.6. The summed E-state index contributed by atoms with van der Waals surface area (Å²) in [5.74, 6) is 0. The van der Waals surface area contributed by atoms with Gasteiger partial charge in [-0.1, -0.05) is 33.6 Å². The van der Waals surface area contributed by atoms with E-state index < -0.39 is 0 Å². The first kappa shape index (κ1) is 29.7. The Labute approximate surface area is 214 Å². The molecule has 4 N–H and O–H groups in total. The number of urea groups is 2. The predicted octanol–water partition coefficient (Wildman–Crippen LogP) is 3.92. The number of carbonyl (C=O) groups is 2. The van der Waals surface area contributed by atoms with Gasteiger partial charge >= 0.3 is 12.1 Å². The summed E-state index contributed by atoms with van der Waals surface area (Å²) < 4.78 is 0. The lowest BCUT2D eigenvalue weighted by Gasteiger charge is -2.34. The fourth-order valence-corrected chi connectivity index (χ4v) is 5.65. The Kier molecular flexibility index (Phi) is 14.4. The first-order valence-electron chi connectivity index (χ1n) is 14.4. The van der Waals surface area contributed by atoms with Gasteiger partial charge in [0, 0.05) is 25.7 Å². The van der Waals surface area contributed by atoms with E-state index in [9.17, 15) is 9.59 Å². The smallest absolute Gasteiger partial charge is 0.315 e. The molecule has 0 bridgehead atoms. The van der Waals surface area contributed by atoms with Gasteiger partial charge in [-0.3, -0.25) is 0 Å². The van der Waals surface area contributed by atoms with Crippen molar-refractivity contribution < 1.29 is 9.59 Å². The Morgan fingerprint density at radius 3 is 1.86 bits per heavy atom. The summed E-state index contributed by atoms with van der Waals surface area (Å²) in [5.41, 5.74) is -0.0511. The molecule has 0 saturated carbocycles. The molecule has 2 aliphatic heterocycles. The van der Waals surface area contributed by atoms with E-state index in [1.54, 1.807) is 0 Å². The van der Waals surface area contributed by atoms with Gasteiger partial charge in [0.2, 0.25) is 0 Å². The molecular formula is C27H54N6O2. The molecule has 0 radical (unpaired) electrons. The van der Waals surface area contributed by atoms with Crippen LogP contribution in [-0.4, -0.2) is 86.8 Å². The van der Waals surface area contributed by atoms with Crippen LogP contribution in [-0.2, 0) is 0 Å². The van der Waals surface area contributed by atoms with Crippen LogP contribution >= 0.6 is 0 Å². The molecule has 0 aromatic heterocycles. The molecule has 2 heterocycles. The standard InChI is InChI=1S/C27H54N6O2/c1-4-12-24(31-26(35)29-15-11-21-33-18-8-9-19-33)22-27(3,13-5-2)23-30-25(34)28-14-10-20-32-16-6-7-17-32/h24H,4-23H2,1-3H3,(H2,28,30,34)(H2,29,31,35). The molecule has 2 atom stereocenters. The largest absolute Gasteiger partial charge is 0.338 e. The molecule has 35 heavy (non-hydrogen) atoms. The van der Waals surface area contributed by atoms with Crippen molar-refractivity contribution in [2.24, 2.45) is 5.41 Å². The molecule has 4 amide bonds. The summed E-state index contributed by atoms with van der Waals surface area (Å²) in [6.45, 7) is 15.6. The molecule has 2 aliphatic rings. The maximum absolute atomic E-state index is 12.6. The Morgan fingerprint density at radius 1 is 0.800 bits per heavy atom. The molecule has 204 valence electrons. The van der Waals surface area contributed by atoms with Crippen LogP contribution in [0.25, 0.3) is 0 Å². The zero-order chi connectivity index (χ0) is 25.4. The van der Waals surface area contributed by atoms with Gasteiger partial charge in [0.05, 0.1) is 0 Å². The highest BCUT2D eigenvalue weighted by molar-refractivity contribution is 5.74. The number of rotatable bonds is 17. The first-order chi connectivity index (χ1) is 16.9. The third-order valence-corrected chi connectivity index (χ3v) is 7.51. The van der Waals surface area contributed by atoms with Crippen molar-refractivity contribution in [1.29, 1.82) is 0 Å². The molecule has 0 aromatic carbocycles. The predicted molar refractivity (Wildman–Crippen MR) is 145 cm³/mol. The van der Waals surface area contributed by atoms with E-state index in [1.165, 1.54) is 51.9 Å².